The average Bonchev–Trinajstić information content (AvgIpc) is 3.23. The van der Waals surface area contributed by atoms with E-state index in [1.807, 2.05) is 55.1 Å². The van der Waals surface area contributed by atoms with E-state index in [0.29, 0.717) is 43.3 Å². The summed E-state index contributed by atoms with van der Waals surface area (Å²) in [5.41, 5.74) is 10.5. The van der Waals surface area contributed by atoms with Gasteiger partial charge in [-0.05, 0) is 113 Å². The summed E-state index contributed by atoms with van der Waals surface area (Å²) in [5.74, 6) is 1.27. The molecule has 0 spiro atoms. The Labute approximate surface area is 279 Å². The van der Waals surface area contributed by atoms with Gasteiger partial charge in [-0.1, -0.05) is 18.2 Å². The van der Waals surface area contributed by atoms with Gasteiger partial charge in [-0.2, -0.15) is 0 Å². The van der Waals surface area contributed by atoms with Crippen LogP contribution in [-0.4, -0.2) is 95.6 Å². The van der Waals surface area contributed by atoms with Gasteiger partial charge in [0.1, 0.15) is 12.8 Å². The van der Waals surface area contributed by atoms with E-state index in [1.54, 1.807) is 0 Å². The normalized spacial score (nSPS) is 28.4. The molecule has 2 unspecified atom stereocenters. The number of carbonyl (C=O) groups is 3. The third-order valence-electron chi connectivity index (χ3n) is 12.2. The van der Waals surface area contributed by atoms with Gasteiger partial charge in [0, 0.05) is 55.5 Å². The number of aryl methyl sites for hydroxylation is 2. The predicted octanol–water partition coefficient (Wildman–Crippen LogP) is 4.14. The van der Waals surface area contributed by atoms with Crippen LogP contribution in [0.15, 0.2) is 36.4 Å². The Bertz CT molecular complexity index is 1460. The molecule has 10 nitrogen and oxygen atoms in total. The molecule has 0 saturated carbocycles. The molecule has 4 heterocycles. The maximum absolute atomic E-state index is 13.7. The van der Waals surface area contributed by atoms with Crippen LogP contribution in [0, 0.1) is 25.7 Å². The number of hydrogen-bond acceptors (Lipinski definition) is 7. The molecule has 4 aliphatic heterocycles. The van der Waals surface area contributed by atoms with Crippen LogP contribution in [0.5, 0.6) is 0 Å². The minimum absolute atomic E-state index is 0.0546. The van der Waals surface area contributed by atoms with Gasteiger partial charge >= 0.3 is 6.03 Å². The van der Waals surface area contributed by atoms with E-state index in [2.05, 4.69) is 22.2 Å². The number of benzene rings is 2. The van der Waals surface area contributed by atoms with Crippen molar-refractivity contribution in [3.05, 3.63) is 58.7 Å². The van der Waals surface area contributed by atoms with Crippen LogP contribution in [0.4, 0.5) is 21.0 Å². The molecular weight excluding hydrogens is 592 g/mol. The van der Waals surface area contributed by atoms with Crippen molar-refractivity contribution in [3.8, 4) is 0 Å². The van der Waals surface area contributed by atoms with Crippen LogP contribution < -0.4 is 16.2 Å². The fourth-order valence-corrected chi connectivity index (χ4v) is 9.46. The highest BCUT2D eigenvalue weighted by atomic mass is 16.4. The van der Waals surface area contributed by atoms with Crippen LogP contribution in [0.2, 0.25) is 0 Å². The van der Waals surface area contributed by atoms with Crippen LogP contribution in [-0.2, 0) is 17.8 Å². The molecule has 3 amide bonds. The molecule has 4 aliphatic rings. The Balaban J connectivity index is 1.36. The van der Waals surface area contributed by atoms with Crippen molar-refractivity contribution in [2.24, 2.45) is 11.8 Å². The first-order valence-corrected chi connectivity index (χ1v) is 17.5. The van der Waals surface area contributed by atoms with Crippen molar-refractivity contribution in [1.29, 1.82) is 0 Å². The van der Waals surface area contributed by atoms with E-state index in [-0.39, 0.29) is 36.1 Å². The van der Waals surface area contributed by atoms with Gasteiger partial charge in [0.25, 0.3) is 6.09 Å². The highest BCUT2D eigenvalue weighted by molar-refractivity contribution is 5.91. The van der Waals surface area contributed by atoms with Gasteiger partial charge in [-0.15, -0.1) is 0 Å². The molecule has 0 aromatic heterocycles. The third-order valence-corrected chi connectivity index (χ3v) is 12.2. The first kappa shape index (κ1) is 33.4. The molecule has 2 aromatic carbocycles. The van der Waals surface area contributed by atoms with Crippen molar-refractivity contribution < 1.29 is 24.0 Å². The summed E-state index contributed by atoms with van der Waals surface area (Å²) in [6, 6.07) is 11.4. The summed E-state index contributed by atoms with van der Waals surface area (Å²) < 4.78 is -0.361. The lowest BCUT2D eigenvalue weighted by molar-refractivity contribution is -0.956. The van der Waals surface area contributed by atoms with E-state index < -0.39 is 11.8 Å². The van der Waals surface area contributed by atoms with Crippen LogP contribution in [0.1, 0.15) is 67.2 Å². The van der Waals surface area contributed by atoms with Crippen molar-refractivity contribution in [2.75, 3.05) is 57.4 Å². The number of nitrogens with two attached hydrogens (primary N) is 1. The molecule has 6 rings (SSSR count). The molecule has 0 bridgehead atoms. The number of amides is 3. The third kappa shape index (κ3) is 6.27. The predicted molar refractivity (Wildman–Crippen MR) is 181 cm³/mol. The van der Waals surface area contributed by atoms with E-state index >= 15 is 0 Å². The molecule has 254 valence electrons. The van der Waals surface area contributed by atoms with E-state index in [0.717, 1.165) is 73.2 Å². The second-order valence-corrected chi connectivity index (χ2v) is 14.8. The van der Waals surface area contributed by atoms with Crippen molar-refractivity contribution in [3.63, 3.8) is 0 Å². The Morgan fingerprint density at radius 3 is 2.30 bits per heavy atom. The number of piperidine rings is 3. The number of rotatable bonds is 7. The lowest BCUT2D eigenvalue weighted by Gasteiger charge is -2.62. The smallest absolute Gasteiger partial charge is 0.322 e. The molecule has 3 fully saturated rings. The Hall–Kier alpha value is -3.47. The lowest BCUT2D eigenvalue weighted by atomic mass is 9.76. The summed E-state index contributed by atoms with van der Waals surface area (Å²) in [6.07, 6.45) is 5.73. The lowest BCUT2D eigenvalue weighted by Crippen LogP contribution is -2.80. The summed E-state index contributed by atoms with van der Waals surface area (Å²) in [5, 5.41) is 16.9. The van der Waals surface area contributed by atoms with Gasteiger partial charge in [-0.25, -0.2) is 4.79 Å². The minimum atomic E-state index is -1.16. The summed E-state index contributed by atoms with van der Waals surface area (Å²) in [7, 11) is 2.19. The quantitative estimate of drug-likeness (QED) is 0.264. The first-order chi connectivity index (χ1) is 22.6. The Kier molecular flexibility index (Phi) is 9.65. The maximum atomic E-state index is 13.7. The zero-order valence-corrected chi connectivity index (χ0v) is 28.4. The van der Waals surface area contributed by atoms with Gasteiger partial charge < -0.3 is 35.5 Å². The number of nitrogen functional groups attached to an aromatic ring is 1. The number of likely N-dealkylation sites (tertiary alicyclic amines) is 3. The highest BCUT2D eigenvalue weighted by Crippen LogP contribution is 2.47. The zero-order chi connectivity index (χ0) is 33.3. The van der Waals surface area contributed by atoms with Crippen LogP contribution >= 0.6 is 0 Å². The molecule has 0 aliphatic carbocycles. The summed E-state index contributed by atoms with van der Waals surface area (Å²) >= 11 is 0. The van der Waals surface area contributed by atoms with Crippen molar-refractivity contribution >= 4 is 29.8 Å². The van der Waals surface area contributed by atoms with Crippen molar-refractivity contribution in [1.82, 2.24) is 14.7 Å². The number of urea groups is 1. The van der Waals surface area contributed by atoms with Crippen LogP contribution in [0.3, 0.4) is 0 Å². The van der Waals surface area contributed by atoms with Crippen molar-refractivity contribution in [2.45, 2.75) is 83.5 Å². The van der Waals surface area contributed by atoms with Gasteiger partial charge in [-0.3, -0.25) is 9.38 Å². The SMILES string of the molecule is Cc1cc(C[N@+]2(C(=O)[O-])CCC(N3CCc4ccccc4NC3=O)CC2(CC=O)N2CCC(C3CCN(C)CC3)CC2)cc(C)c1N. The second-order valence-electron chi connectivity index (χ2n) is 14.8. The number of carbonyl (C=O) groups excluding carboxylic acids is 3. The number of fused-ring (bicyclic) bond motifs is 1. The second kappa shape index (κ2) is 13.6. The largest absolute Gasteiger partial charge is 0.498 e. The summed E-state index contributed by atoms with van der Waals surface area (Å²) in [6.45, 7) is 8.57. The molecule has 47 heavy (non-hydrogen) atoms. The van der Waals surface area contributed by atoms with Gasteiger partial charge in [0.2, 0.25) is 0 Å². The van der Waals surface area contributed by atoms with Gasteiger partial charge in [0.15, 0.2) is 5.66 Å². The van der Waals surface area contributed by atoms with E-state index in [4.69, 9.17) is 5.73 Å². The molecule has 3 atom stereocenters. The molecule has 0 radical (unpaired) electrons. The summed E-state index contributed by atoms with van der Waals surface area (Å²) in [4.78, 5) is 46.9. The monoisotopic (exact) mass is 644 g/mol. The molecule has 3 N–H and O–H groups in total. The van der Waals surface area contributed by atoms with Gasteiger partial charge in [0.05, 0.1) is 13.0 Å². The number of nitrogens with one attached hydrogen (secondary N) is 1. The minimum Gasteiger partial charge on any atom is -0.498 e. The van der Waals surface area contributed by atoms with E-state index in [9.17, 15) is 19.5 Å². The number of quaternary nitrogens is 1. The van der Waals surface area contributed by atoms with E-state index in [1.165, 1.54) is 12.8 Å². The average molecular weight is 645 g/mol. The van der Waals surface area contributed by atoms with Crippen LogP contribution in [0.25, 0.3) is 0 Å². The fourth-order valence-electron chi connectivity index (χ4n) is 9.46. The zero-order valence-electron chi connectivity index (χ0n) is 28.4. The highest BCUT2D eigenvalue weighted by Gasteiger charge is 2.61. The molecular formula is C37H52N6O4. The molecule has 3 saturated heterocycles. The Morgan fingerprint density at radius 1 is 1.02 bits per heavy atom. The maximum Gasteiger partial charge on any atom is 0.322 e. The number of anilines is 2. The number of aldehydes is 1. The molecule has 2 aromatic rings. The number of hydrogen-bond donors (Lipinski definition) is 2. The number of para-hydroxylation sites is 1. The number of nitrogens with zero attached hydrogens (tertiary/aromatic N) is 4. The number of carboxylic acid groups (broad SMARTS) is 1. The first-order valence-electron chi connectivity index (χ1n) is 17.5. The standard InChI is InChI=1S/C37H52N6O4/c1-26-22-28(23-27(2)34(26)38)25-43(36(46)47)20-13-32(42-19-12-31-6-4-5-7-33(31)39-35(42)45)24-37(43,14-21-44)41-17-10-30(11-18-41)29-8-15-40(3)16-9-29/h4-7,21-23,29-30,32H,8-20,24-25,38H2,1-3H3,(H-,39,45,46,47)/t32?,37?,43-/m0/s1. The fraction of sp³-hybridized carbons (Fsp3) is 0.595. The topological polar surface area (TPSA) is 122 Å². The Morgan fingerprint density at radius 2 is 1.66 bits per heavy atom. The molecule has 10 heteroatoms.